The number of benzene rings is 1. The lowest BCUT2D eigenvalue weighted by molar-refractivity contribution is 0.0917. The quantitative estimate of drug-likeness (QED) is 0.382. The van der Waals surface area contributed by atoms with Gasteiger partial charge in [0.2, 0.25) is 0 Å². The van der Waals surface area contributed by atoms with Gasteiger partial charge in [0.25, 0.3) is 0 Å². The molecule has 0 aliphatic carbocycles. The zero-order valence-electron chi connectivity index (χ0n) is 15.4. The van der Waals surface area contributed by atoms with Crippen molar-refractivity contribution < 1.29 is 13.6 Å². The largest absolute Gasteiger partial charge is 0.447 e. The monoisotopic (exact) mass is 379 g/mol. The molecule has 2 aromatic rings. The van der Waals surface area contributed by atoms with Crippen molar-refractivity contribution in [3.05, 3.63) is 35.3 Å². The molecular weight excluding hydrogens is 353 g/mol. The summed E-state index contributed by atoms with van der Waals surface area (Å²) in [5.74, 6) is -0.434. The summed E-state index contributed by atoms with van der Waals surface area (Å²) in [6.45, 7) is 6.80. The van der Waals surface area contributed by atoms with E-state index in [1.54, 1.807) is 19.1 Å². The second-order valence-corrected chi connectivity index (χ2v) is 6.97. The Kier molecular flexibility index (Phi) is 7.38. The summed E-state index contributed by atoms with van der Waals surface area (Å²) < 4.78 is 19.2. The third-order valence-corrected chi connectivity index (χ3v) is 4.57. The van der Waals surface area contributed by atoms with E-state index in [9.17, 15) is 9.18 Å². The Morgan fingerprint density at radius 3 is 2.77 bits per heavy atom. The van der Waals surface area contributed by atoms with E-state index >= 15 is 0 Å². The maximum absolute atomic E-state index is 13.8. The SMILES string of the molecule is CCCCC[C@@H](C)CNC(=S)NNC(=O)c1oc2c(F)cccc2c1C. The van der Waals surface area contributed by atoms with E-state index in [-0.39, 0.29) is 11.3 Å². The minimum atomic E-state index is -0.502. The fraction of sp³-hybridized carbons (Fsp3) is 0.474. The van der Waals surface area contributed by atoms with Crippen LogP contribution in [0.15, 0.2) is 22.6 Å². The average molecular weight is 380 g/mol. The van der Waals surface area contributed by atoms with Crippen molar-refractivity contribution in [1.29, 1.82) is 0 Å². The van der Waals surface area contributed by atoms with Crippen molar-refractivity contribution >= 4 is 34.2 Å². The van der Waals surface area contributed by atoms with Crippen molar-refractivity contribution in [3.63, 3.8) is 0 Å². The van der Waals surface area contributed by atoms with Gasteiger partial charge in [0.15, 0.2) is 22.3 Å². The first kappa shape index (κ1) is 20.2. The van der Waals surface area contributed by atoms with Crippen LogP contribution in [0.4, 0.5) is 4.39 Å². The Morgan fingerprint density at radius 2 is 2.08 bits per heavy atom. The summed E-state index contributed by atoms with van der Waals surface area (Å²) in [6.07, 6.45) is 4.79. The van der Waals surface area contributed by atoms with Crippen LogP contribution >= 0.6 is 12.2 Å². The maximum Gasteiger partial charge on any atom is 0.305 e. The van der Waals surface area contributed by atoms with Gasteiger partial charge < -0.3 is 9.73 Å². The number of fused-ring (bicyclic) bond motifs is 1. The zero-order valence-corrected chi connectivity index (χ0v) is 16.3. The number of hydrogen-bond acceptors (Lipinski definition) is 3. The van der Waals surface area contributed by atoms with Crippen LogP contribution in [0.1, 0.15) is 55.6 Å². The summed E-state index contributed by atoms with van der Waals surface area (Å²) in [4.78, 5) is 12.3. The van der Waals surface area contributed by atoms with Crippen LogP contribution in [0.25, 0.3) is 11.0 Å². The number of para-hydroxylation sites is 1. The van der Waals surface area contributed by atoms with Crippen molar-refractivity contribution in [3.8, 4) is 0 Å². The van der Waals surface area contributed by atoms with Gasteiger partial charge in [0.1, 0.15) is 0 Å². The highest BCUT2D eigenvalue weighted by Crippen LogP contribution is 2.26. The number of furan rings is 1. The zero-order chi connectivity index (χ0) is 19.1. The lowest BCUT2D eigenvalue weighted by atomic mass is 10.0. The fourth-order valence-electron chi connectivity index (χ4n) is 2.75. The lowest BCUT2D eigenvalue weighted by Gasteiger charge is -2.15. The third-order valence-electron chi connectivity index (χ3n) is 4.32. The van der Waals surface area contributed by atoms with Crippen LogP contribution in [-0.4, -0.2) is 17.6 Å². The molecule has 0 radical (unpaired) electrons. The Balaban J connectivity index is 1.84. The minimum Gasteiger partial charge on any atom is -0.447 e. The molecule has 0 fully saturated rings. The molecule has 0 aliphatic rings. The molecule has 26 heavy (non-hydrogen) atoms. The van der Waals surface area contributed by atoms with E-state index in [2.05, 4.69) is 30.0 Å². The summed E-state index contributed by atoms with van der Waals surface area (Å²) in [6, 6.07) is 4.60. The Morgan fingerprint density at radius 1 is 1.31 bits per heavy atom. The second kappa shape index (κ2) is 9.52. The van der Waals surface area contributed by atoms with Gasteiger partial charge in [0.05, 0.1) is 0 Å². The van der Waals surface area contributed by atoms with Crippen LogP contribution in [0.3, 0.4) is 0 Å². The van der Waals surface area contributed by atoms with Gasteiger partial charge in [-0.25, -0.2) is 4.39 Å². The molecule has 2 rings (SSSR count). The number of unbranched alkanes of at least 4 members (excludes halogenated alkanes) is 2. The first-order valence-corrected chi connectivity index (χ1v) is 9.36. The van der Waals surface area contributed by atoms with Gasteiger partial charge in [-0.05, 0) is 37.5 Å². The molecule has 0 saturated heterocycles. The molecule has 1 heterocycles. The number of halogens is 1. The normalized spacial score (nSPS) is 12.0. The molecule has 0 bridgehead atoms. The van der Waals surface area contributed by atoms with Gasteiger partial charge in [-0.15, -0.1) is 0 Å². The number of rotatable bonds is 7. The van der Waals surface area contributed by atoms with Crippen molar-refractivity contribution in [2.75, 3.05) is 6.54 Å². The van der Waals surface area contributed by atoms with E-state index in [1.807, 2.05) is 0 Å². The van der Waals surface area contributed by atoms with Gasteiger partial charge in [-0.1, -0.05) is 45.2 Å². The predicted octanol–water partition coefficient (Wildman–Crippen LogP) is 4.21. The first-order chi connectivity index (χ1) is 12.4. The molecule has 1 aromatic carbocycles. The summed E-state index contributed by atoms with van der Waals surface area (Å²) in [5, 5.41) is 4.00. The summed E-state index contributed by atoms with van der Waals surface area (Å²) in [5.41, 5.74) is 5.81. The van der Waals surface area contributed by atoms with E-state index in [0.717, 1.165) is 13.0 Å². The molecule has 5 nitrogen and oxygen atoms in total. The van der Waals surface area contributed by atoms with Crippen molar-refractivity contribution in [2.24, 2.45) is 5.92 Å². The van der Waals surface area contributed by atoms with Gasteiger partial charge in [-0.2, -0.15) is 0 Å². The van der Waals surface area contributed by atoms with Crippen molar-refractivity contribution in [2.45, 2.75) is 46.5 Å². The number of amides is 1. The highest BCUT2D eigenvalue weighted by molar-refractivity contribution is 7.80. The number of nitrogens with one attached hydrogen (secondary N) is 3. The van der Waals surface area contributed by atoms with E-state index < -0.39 is 11.7 Å². The molecule has 1 aromatic heterocycles. The number of hydrazine groups is 1. The lowest BCUT2D eigenvalue weighted by Crippen LogP contribution is -2.47. The Bertz CT molecular complexity index is 775. The molecule has 7 heteroatoms. The highest BCUT2D eigenvalue weighted by Gasteiger charge is 2.19. The molecule has 1 amide bonds. The average Bonchev–Trinajstić information content (AvgIpc) is 2.96. The van der Waals surface area contributed by atoms with Gasteiger partial charge in [-0.3, -0.25) is 15.6 Å². The number of carbonyl (C=O) groups is 1. The standard InChI is InChI=1S/C19H26FN3O2S/c1-4-5-6-8-12(2)11-21-19(26)23-22-18(24)16-13(3)14-9-7-10-15(20)17(14)25-16/h7,9-10,12H,4-6,8,11H2,1-3H3,(H,22,24)(H2,21,23,26)/t12-/m1/s1. The highest BCUT2D eigenvalue weighted by atomic mass is 32.1. The molecule has 0 spiro atoms. The Labute approximate surface area is 158 Å². The molecule has 0 unspecified atom stereocenters. The van der Waals surface area contributed by atoms with Crippen molar-refractivity contribution in [1.82, 2.24) is 16.2 Å². The molecule has 142 valence electrons. The van der Waals surface area contributed by atoms with Crippen LogP contribution in [0.5, 0.6) is 0 Å². The first-order valence-electron chi connectivity index (χ1n) is 8.95. The van der Waals surface area contributed by atoms with Crippen LogP contribution < -0.4 is 16.2 Å². The number of hydrogen-bond donors (Lipinski definition) is 3. The molecule has 0 aliphatic heterocycles. The molecule has 1 atom stereocenters. The summed E-state index contributed by atoms with van der Waals surface area (Å²) >= 11 is 5.17. The molecule has 0 saturated carbocycles. The number of aryl methyl sites for hydroxylation is 1. The van der Waals surface area contributed by atoms with Gasteiger partial charge >= 0.3 is 5.91 Å². The second-order valence-electron chi connectivity index (χ2n) is 6.56. The number of thiocarbonyl (C=S) groups is 1. The van der Waals surface area contributed by atoms with Crippen LogP contribution in [-0.2, 0) is 0 Å². The Hall–Kier alpha value is -2.15. The van der Waals surface area contributed by atoms with Gasteiger partial charge in [0, 0.05) is 17.5 Å². The molecular formula is C19H26FN3O2S. The fourth-order valence-corrected chi connectivity index (χ4v) is 2.89. The predicted molar refractivity (Wildman–Crippen MR) is 105 cm³/mol. The summed E-state index contributed by atoms with van der Waals surface area (Å²) in [7, 11) is 0. The topological polar surface area (TPSA) is 66.3 Å². The van der Waals surface area contributed by atoms with Crippen LogP contribution in [0.2, 0.25) is 0 Å². The van der Waals surface area contributed by atoms with E-state index in [0.29, 0.717) is 22.0 Å². The molecule has 3 N–H and O–H groups in total. The van der Waals surface area contributed by atoms with E-state index in [4.69, 9.17) is 16.6 Å². The minimum absolute atomic E-state index is 0.0633. The maximum atomic E-state index is 13.8. The van der Waals surface area contributed by atoms with E-state index in [1.165, 1.54) is 25.3 Å². The number of carbonyl (C=O) groups excluding carboxylic acids is 1. The van der Waals surface area contributed by atoms with Crippen LogP contribution in [0, 0.1) is 18.7 Å². The third kappa shape index (κ3) is 5.17. The smallest absolute Gasteiger partial charge is 0.305 e.